The molecule has 112 valence electrons. The van der Waals surface area contributed by atoms with Crippen molar-refractivity contribution in [2.45, 2.75) is 6.10 Å². The summed E-state index contributed by atoms with van der Waals surface area (Å²) in [6.07, 6.45) is 1.89. The lowest BCUT2D eigenvalue weighted by Gasteiger charge is -2.31. The Labute approximate surface area is 137 Å². The van der Waals surface area contributed by atoms with Gasteiger partial charge in [-0.15, -0.1) is 22.7 Å². The second-order valence-corrected chi connectivity index (χ2v) is 6.82. The third-order valence-corrected chi connectivity index (χ3v) is 5.39. The minimum absolute atomic E-state index is 0.0535. The molecular weight excluding hydrogens is 314 g/mol. The molecule has 0 radical (unpaired) electrons. The van der Waals surface area contributed by atoms with Gasteiger partial charge in [-0.1, -0.05) is 30.3 Å². The van der Waals surface area contributed by atoms with E-state index >= 15 is 0 Å². The SMILES string of the molecule is c1ccc(-c2csc(N3CCOC(c4nccs4)C3)n2)cc1. The fourth-order valence-corrected chi connectivity index (χ4v) is 4.07. The number of thiazole rings is 2. The lowest BCUT2D eigenvalue weighted by Crippen LogP contribution is -2.38. The summed E-state index contributed by atoms with van der Waals surface area (Å²) in [5, 5.41) is 6.22. The van der Waals surface area contributed by atoms with E-state index in [-0.39, 0.29) is 6.10 Å². The Hall–Kier alpha value is -1.76. The van der Waals surface area contributed by atoms with Gasteiger partial charge in [0.1, 0.15) is 11.1 Å². The fourth-order valence-electron chi connectivity index (χ4n) is 2.52. The fraction of sp³-hybridized carbons (Fsp3) is 0.250. The Morgan fingerprint density at radius 1 is 1.18 bits per heavy atom. The summed E-state index contributed by atoms with van der Waals surface area (Å²) >= 11 is 3.34. The number of benzene rings is 1. The summed E-state index contributed by atoms with van der Waals surface area (Å²) < 4.78 is 5.85. The molecule has 0 saturated carbocycles. The highest BCUT2D eigenvalue weighted by molar-refractivity contribution is 7.14. The van der Waals surface area contributed by atoms with E-state index in [9.17, 15) is 0 Å². The number of nitrogens with zero attached hydrogens (tertiary/aromatic N) is 3. The maximum absolute atomic E-state index is 5.85. The van der Waals surface area contributed by atoms with Crippen LogP contribution in [0.3, 0.4) is 0 Å². The van der Waals surface area contributed by atoms with E-state index in [1.807, 2.05) is 29.8 Å². The van der Waals surface area contributed by atoms with Gasteiger partial charge < -0.3 is 9.64 Å². The van der Waals surface area contributed by atoms with Crippen LogP contribution in [-0.2, 0) is 4.74 Å². The Kier molecular flexibility index (Phi) is 3.88. The molecule has 0 N–H and O–H groups in total. The van der Waals surface area contributed by atoms with Gasteiger partial charge in [-0.25, -0.2) is 9.97 Å². The molecule has 1 aliphatic rings. The first-order valence-electron chi connectivity index (χ1n) is 7.17. The maximum atomic E-state index is 5.85. The van der Waals surface area contributed by atoms with Crippen LogP contribution >= 0.6 is 22.7 Å². The van der Waals surface area contributed by atoms with Crippen molar-refractivity contribution in [2.75, 3.05) is 24.6 Å². The molecule has 6 heteroatoms. The summed E-state index contributed by atoms with van der Waals surface area (Å²) in [6.45, 7) is 2.41. The number of hydrogen-bond donors (Lipinski definition) is 0. The van der Waals surface area contributed by atoms with Crippen LogP contribution in [0.5, 0.6) is 0 Å². The van der Waals surface area contributed by atoms with Gasteiger partial charge in [0.25, 0.3) is 0 Å². The van der Waals surface area contributed by atoms with Gasteiger partial charge in [-0.3, -0.25) is 0 Å². The summed E-state index contributed by atoms with van der Waals surface area (Å²) in [6, 6.07) is 10.3. The average molecular weight is 329 g/mol. The molecule has 1 aromatic carbocycles. The van der Waals surface area contributed by atoms with E-state index in [0.717, 1.165) is 34.5 Å². The summed E-state index contributed by atoms with van der Waals surface area (Å²) in [4.78, 5) is 11.5. The number of anilines is 1. The van der Waals surface area contributed by atoms with E-state index in [1.54, 1.807) is 22.7 Å². The number of rotatable bonds is 3. The van der Waals surface area contributed by atoms with E-state index in [4.69, 9.17) is 9.72 Å². The molecule has 3 heterocycles. The molecule has 4 nitrogen and oxygen atoms in total. The Morgan fingerprint density at radius 2 is 2.09 bits per heavy atom. The summed E-state index contributed by atoms with van der Waals surface area (Å²) in [7, 11) is 0. The molecule has 2 aromatic heterocycles. The van der Waals surface area contributed by atoms with Gasteiger partial charge in [-0.2, -0.15) is 0 Å². The van der Waals surface area contributed by atoms with E-state index < -0.39 is 0 Å². The first-order valence-corrected chi connectivity index (χ1v) is 8.93. The number of hydrogen-bond acceptors (Lipinski definition) is 6. The number of morpholine rings is 1. The molecule has 0 bridgehead atoms. The highest BCUT2D eigenvalue weighted by atomic mass is 32.1. The van der Waals surface area contributed by atoms with Crippen molar-refractivity contribution in [3.63, 3.8) is 0 Å². The lowest BCUT2D eigenvalue weighted by molar-refractivity contribution is 0.0396. The van der Waals surface area contributed by atoms with Crippen LogP contribution in [0.25, 0.3) is 11.3 Å². The zero-order valence-electron chi connectivity index (χ0n) is 11.9. The number of aromatic nitrogens is 2. The zero-order chi connectivity index (χ0) is 14.8. The van der Waals surface area contributed by atoms with Crippen molar-refractivity contribution in [3.05, 3.63) is 52.3 Å². The minimum atomic E-state index is 0.0535. The van der Waals surface area contributed by atoms with E-state index in [1.165, 1.54) is 0 Å². The van der Waals surface area contributed by atoms with Crippen LogP contribution in [-0.4, -0.2) is 29.7 Å². The van der Waals surface area contributed by atoms with Crippen molar-refractivity contribution >= 4 is 27.8 Å². The van der Waals surface area contributed by atoms with Crippen molar-refractivity contribution in [2.24, 2.45) is 0 Å². The largest absolute Gasteiger partial charge is 0.367 e. The van der Waals surface area contributed by atoms with Crippen molar-refractivity contribution in [1.82, 2.24) is 9.97 Å². The molecule has 1 aliphatic heterocycles. The average Bonchev–Trinajstić information content (AvgIpc) is 3.28. The first-order chi connectivity index (χ1) is 10.9. The summed E-state index contributed by atoms with van der Waals surface area (Å²) in [5.74, 6) is 0. The molecule has 4 rings (SSSR count). The van der Waals surface area contributed by atoms with Crippen LogP contribution in [0.4, 0.5) is 5.13 Å². The third-order valence-electron chi connectivity index (χ3n) is 3.63. The molecule has 0 aliphatic carbocycles. The maximum Gasteiger partial charge on any atom is 0.186 e. The molecule has 1 unspecified atom stereocenters. The molecule has 3 aromatic rings. The zero-order valence-corrected chi connectivity index (χ0v) is 13.5. The molecule has 1 atom stereocenters. The molecule has 0 spiro atoms. The Balaban J connectivity index is 1.53. The topological polar surface area (TPSA) is 38.2 Å². The smallest absolute Gasteiger partial charge is 0.186 e. The molecule has 1 saturated heterocycles. The van der Waals surface area contributed by atoms with Gasteiger partial charge in [-0.05, 0) is 0 Å². The lowest BCUT2D eigenvalue weighted by atomic mass is 10.2. The van der Waals surface area contributed by atoms with E-state index in [0.29, 0.717) is 6.61 Å². The quantitative estimate of drug-likeness (QED) is 0.732. The van der Waals surface area contributed by atoms with Gasteiger partial charge in [0, 0.05) is 29.1 Å². The Bertz CT molecular complexity index is 727. The highest BCUT2D eigenvalue weighted by Crippen LogP contribution is 2.31. The van der Waals surface area contributed by atoms with Crippen LogP contribution in [0.15, 0.2) is 47.3 Å². The van der Waals surface area contributed by atoms with Crippen molar-refractivity contribution < 1.29 is 4.74 Å². The number of ether oxygens (including phenoxy) is 1. The predicted molar refractivity (Wildman–Crippen MR) is 90.6 cm³/mol. The van der Waals surface area contributed by atoms with Gasteiger partial charge in [0.2, 0.25) is 0 Å². The predicted octanol–water partition coefficient (Wildman–Crippen LogP) is 3.84. The third kappa shape index (κ3) is 2.77. The van der Waals surface area contributed by atoms with Gasteiger partial charge in [0.05, 0.1) is 18.8 Å². The first kappa shape index (κ1) is 13.9. The Morgan fingerprint density at radius 3 is 2.91 bits per heavy atom. The van der Waals surface area contributed by atoms with Crippen LogP contribution in [0, 0.1) is 0 Å². The van der Waals surface area contributed by atoms with Crippen LogP contribution in [0.1, 0.15) is 11.1 Å². The van der Waals surface area contributed by atoms with Crippen LogP contribution in [0.2, 0.25) is 0 Å². The van der Waals surface area contributed by atoms with Gasteiger partial charge in [0.15, 0.2) is 5.13 Å². The normalized spacial score (nSPS) is 18.5. The van der Waals surface area contributed by atoms with Crippen LogP contribution < -0.4 is 4.90 Å². The standard InChI is InChI=1S/C16H15N3OS2/c1-2-4-12(5-3-1)13-11-22-16(18-13)19-7-8-20-14(10-19)15-17-6-9-21-15/h1-6,9,11,14H,7-8,10H2. The monoisotopic (exact) mass is 329 g/mol. The minimum Gasteiger partial charge on any atom is -0.367 e. The highest BCUT2D eigenvalue weighted by Gasteiger charge is 2.25. The van der Waals surface area contributed by atoms with E-state index in [2.05, 4.69) is 27.4 Å². The molecular formula is C16H15N3OS2. The molecule has 1 fully saturated rings. The van der Waals surface area contributed by atoms with Gasteiger partial charge >= 0.3 is 0 Å². The second-order valence-electron chi connectivity index (χ2n) is 5.06. The molecule has 22 heavy (non-hydrogen) atoms. The van der Waals surface area contributed by atoms with Crippen molar-refractivity contribution in [3.8, 4) is 11.3 Å². The molecule has 0 amide bonds. The van der Waals surface area contributed by atoms with Crippen molar-refractivity contribution in [1.29, 1.82) is 0 Å². The summed E-state index contributed by atoms with van der Waals surface area (Å²) in [5.41, 5.74) is 2.20. The second kappa shape index (κ2) is 6.16.